The van der Waals surface area contributed by atoms with Gasteiger partial charge in [0.15, 0.2) is 0 Å². The summed E-state index contributed by atoms with van der Waals surface area (Å²) in [6, 6.07) is 0. The number of carbonyl (C=O) groups excluding carboxylic acids is 1. The van der Waals surface area contributed by atoms with E-state index in [-0.39, 0.29) is 0 Å². The molecule has 6 heavy (non-hydrogen) atoms. The van der Waals surface area contributed by atoms with Gasteiger partial charge in [0.25, 0.3) is 0 Å². The predicted octanol–water partition coefficient (Wildman–Crippen LogP) is -1.13. The third-order valence-corrected chi connectivity index (χ3v) is 0.848. The second-order valence-corrected chi connectivity index (χ2v) is 1.53. The van der Waals surface area contributed by atoms with E-state index < -0.39 is 0 Å². The third-order valence-electron chi connectivity index (χ3n) is 0.440. The van der Waals surface area contributed by atoms with E-state index in [1.54, 1.807) is 0 Å². The molecule has 3 heteroatoms. The lowest BCUT2D eigenvalue weighted by atomic mass is 10.5. The van der Waals surface area contributed by atoms with Crippen LogP contribution in [0.4, 0.5) is 0 Å². The molecule has 0 amide bonds. The van der Waals surface area contributed by atoms with Gasteiger partial charge < -0.3 is 9.22 Å². The first-order valence-corrected chi connectivity index (χ1v) is 2.66. The van der Waals surface area contributed by atoms with E-state index in [0.29, 0.717) is 13.0 Å². The molecule has 0 atom stereocenters. The maximum Gasteiger partial charge on any atom is 0.145 e. The van der Waals surface area contributed by atoms with Gasteiger partial charge in [-0.05, 0) is 0 Å². The number of hydrogen-bond donors (Lipinski definition) is 0. The van der Waals surface area contributed by atoms with Crippen molar-refractivity contribution >= 4 is 16.8 Å². The number of aldehydes is 1. The molecule has 36 valence electrons. The molecule has 0 aliphatic carbocycles. The Hall–Kier alpha value is -0.153. The van der Waals surface area contributed by atoms with Crippen LogP contribution in [0.1, 0.15) is 6.42 Å². The third kappa shape index (κ3) is 3.85. The van der Waals surface area contributed by atoms with Crippen LogP contribution < -0.4 is 0 Å². The first kappa shape index (κ1) is 5.85. The second kappa shape index (κ2) is 4.85. The highest BCUT2D eigenvalue weighted by molar-refractivity contribution is 5.98. The highest BCUT2D eigenvalue weighted by atomic mass is 28.2. The van der Waals surface area contributed by atoms with Gasteiger partial charge in [-0.15, -0.1) is 0 Å². The molecule has 0 saturated heterocycles. The van der Waals surface area contributed by atoms with Gasteiger partial charge in [0, 0.05) is 13.0 Å². The van der Waals surface area contributed by atoms with Crippen LogP contribution in [0.2, 0.25) is 0 Å². The summed E-state index contributed by atoms with van der Waals surface area (Å²) in [7, 11) is 0.744. The quantitative estimate of drug-likeness (QED) is 0.257. The smallest absolute Gasteiger partial charge is 0.145 e. The summed E-state index contributed by atoms with van der Waals surface area (Å²) in [6.07, 6.45) is 1.40. The van der Waals surface area contributed by atoms with Crippen molar-refractivity contribution in [3.63, 3.8) is 0 Å². The van der Waals surface area contributed by atoms with E-state index in [2.05, 4.69) is 4.43 Å². The summed E-state index contributed by atoms with van der Waals surface area (Å²) in [5, 5.41) is 0. The summed E-state index contributed by atoms with van der Waals surface area (Å²) in [6.45, 7) is 0.607. The maximum absolute atomic E-state index is 9.50. The molecular formula is C3H8O2Si. The van der Waals surface area contributed by atoms with E-state index in [1.165, 1.54) is 0 Å². The van der Waals surface area contributed by atoms with Crippen LogP contribution in [0, 0.1) is 0 Å². The minimum absolute atomic E-state index is 0.545. The number of hydrogen-bond acceptors (Lipinski definition) is 2. The summed E-state index contributed by atoms with van der Waals surface area (Å²) in [4.78, 5) is 9.50. The van der Waals surface area contributed by atoms with Crippen molar-refractivity contribution in [3.8, 4) is 0 Å². The molecule has 0 fully saturated rings. The molecule has 0 rings (SSSR count). The Bertz CT molecular complexity index is 37.8. The number of rotatable bonds is 3. The van der Waals surface area contributed by atoms with Crippen LogP contribution in [0.5, 0.6) is 0 Å². The first-order chi connectivity index (χ1) is 2.91. The van der Waals surface area contributed by atoms with Gasteiger partial charge in [0.2, 0.25) is 0 Å². The van der Waals surface area contributed by atoms with Crippen LogP contribution in [-0.2, 0) is 9.22 Å². The predicted molar refractivity (Wildman–Crippen MR) is 26.6 cm³/mol. The van der Waals surface area contributed by atoms with Crippen molar-refractivity contribution in [2.24, 2.45) is 0 Å². The fourth-order valence-electron chi connectivity index (χ4n) is 0.166. The van der Waals surface area contributed by atoms with Gasteiger partial charge in [-0.1, -0.05) is 0 Å². The van der Waals surface area contributed by atoms with E-state index in [1.807, 2.05) is 0 Å². The minimum atomic E-state index is 0.545. The van der Waals surface area contributed by atoms with Crippen molar-refractivity contribution in [3.05, 3.63) is 0 Å². The van der Waals surface area contributed by atoms with Crippen molar-refractivity contribution in [1.29, 1.82) is 0 Å². The Kier molecular flexibility index (Phi) is 4.72. The molecule has 0 heterocycles. The Morgan fingerprint density at radius 1 is 1.83 bits per heavy atom. The Balaban J connectivity index is 2.49. The monoisotopic (exact) mass is 104 g/mol. The van der Waals surface area contributed by atoms with Crippen LogP contribution in [-0.4, -0.2) is 23.4 Å². The second-order valence-electron chi connectivity index (χ2n) is 0.948. The topological polar surface area (TPSA) is 26.3 Å². The van der Waals surface area contributed by atoms with Gasteiger partial charge in [-0.2, -0.15) is 0 Å². The molecule has 0 aromatic rings. The van der Waals surface area contributed by atoms with Crippen LogP contribution in [0.3, 0.4) is 0 Å². The molecule has 0 unspecified atom stereocenters. The molecule has 0 saturated carbocycles. The Morgan fingerprint density at radius 2 is 2.50 bits per heavy atom. The van der Waals surface area contributed by atoms with E-state index in [4.69, 9.17) is 0 Å². The molecule has 2 nitrogen and oxygen atoms in total. The molecular weight excluding hydrogens is 96.1 g/mol. The SMILES string of the molecule is O=CCCO[SiH3]. The molecule has 0 aromatic heterocycles. The van der Waals surface area contributed by atoms with Crippen molar-refractivity contribution < 1.29 is 9.22 Å². The summed E-state index contributed by atoms with van der Waals surface area (Å²) in [5.74, 6) is 0. The summed E-state index contributed by atoms with van der Waals surface area (Å²) < 4.78 is 4.69. The molecule has 0 aromatic carbocycles. The van der Waals surface area contributed by atoms with Gasteiger partial charge in [0.05, 0.1) is 0 Å². The summed E-state index contributed by atoms with van der Waals surface area (Å²) in [5.41, 5.74) is 0. The van der Waals surface area contributed by atoms with E-state index >= 15 is 0 Å². The van der Waals surface area contributed by atoms with Gasteiger partial charge >= 0.3 is 0 Å². The van der Waals surface area contributed by atoms with Crippen molar-refractivity contribution in [2.75, 3.05) is 6.61 Å². The van der Waals surface area contributed by atoms with Crippen molar-refractivity contribution in [2.45, 2.75) is 6.42 Å². The largest absolute Gasteiger partial charge is 0.428 e. The maximum atomic E-state index is 9.50. The molecule has 0 bridgehead atoms. The van der Waals surface area contributed by atoms with Crippen molar-refractivity contribution in [1.82, 2.24) is 0 Å². The minimum Gasteiger partial charge on any atom is -0.428 e. The highest BCUT2D eigenvalue weighted by Crippen LogP contribution is 1.67. The van der Waals surface area contributed by atoms with Crippen LogP contribution in [0.15, 0.2) is 0 Å². The molecule has 0 aliphatic heterocycles. The zero-order valence-electron chi connectivity index (χ0n) is 3.81. The summed E-state index contributed by atoms with van der Waals surface area (Å²) >= 11 is 0. The van der Waals surface area contributed by atoms with Gasteiger partial charge in [-0.25, -0.2) is 0 Å². The standard InChI is InChI=1S/C3H8O2Si/c4-2-1-3-5-6/h2H,1,3H2,6H3. The zero-order chi connectivity index (χ0) is 4.83. The lowest BCUT2D eigenvalue weighted by molar-refractivity contribution is -0.108. The lowest BCUT2D eigenvalue weighted by Gasteiger charge is -1.84. The highest BCUT2D eigenvalue weighted by Gasteiger charge is 1.73. The Morgan fingerprint density at radius 3 is 2.67 bits per heavy atom. The lowest BCUT2D eigenvalue weighted by Crippen LogP contribution is -1.88. The molecule has 0 radical (unpaired) electrons. The van der Waals surface area contributed by atoms with E-state index in [0.717, 1.165) is 16.8 Å². The molecule has 0 aliphatic rings. The fourth-order valence-corrected chi connectivity index (χ4v) is 0.402. The van der Waals surface area contributed by atoms with Crippen LogP contribution >= 0.6 is 0 Å². The zero-order valence-corrected chi connectivity index (χ0v) is 5.81. The first-order valence-electron chi connectivity index (χ1n) is 1.84. The van der Waals surface area contributed by atoms with E-state index in [9.17, 15) is 4.79 Å². The average molecular weight is 104 g/mol. The number of carbonyl (C=O) groups is 1. The average Bonchev–Trinajstić information content (AvgIpc) is 1.61. The van der Waals surface area contributed by atoms with Crippen LogP contribution in [0.25, 0.3) is 0 Å². The Labute approximate surface area is 40.0 Å². The van der Waals surface area contributed by atoms with Gasteiger partial charge in [0.1, 0.15) is 16.8 Å². The fraction of sp³-hybridized carbons (Fsp3) is 0.667. The normalized spacial score (nSPS) is 8.67. The molecule has 0 N–H and O–H groups in total. The van der Waals surface area contributed by atoms with Gasteiger partial charge in [-0.3, -0.25) is 0 Å². The molecule has 0 spiro atoms.